The van der Waals surface area contributed by atoms with Crippen LogP contribution < -0.4 is 0 Å². The molecule has 4 atom stereocenters. The van der Waals surface area contributed by atoms with E-state index in [9.17, 15) is 4.79 Å². The van der Waals surface area contributed by atoms with E-state index in [-0.39, 0.29) is 11.4 Å². The highest BCUT2D eigenvalue weighted by molar-refractivity contribution is 7.42. The standard InChI is InChI=1S/C3H10NOP3/c1-2(6)4(8)3(5)7/h2H,6-8H2,1H3. The van der Waals surface area contributed by atoms with Crippen molar-refractivity contribution in [3.63, 3.8) is 0 Å². The van der Waals surface area contributed by atoms with Crippen molar-refractivity contribution in [2.45, 2.75) is 12.7 Å². The van der Waals surface area contributed by atoms with Crippen molar-refractivity contribution in [1.82, 2.24) is 4.67 Å². The maximum absolute atomic E-state index is 10.4. The summed E-state index contributed by atoms with van der Waals surface area (Å²) in [5, 5.41) is 0. The summed E-state index contributed by atoms with van der Waals surface area (Å²) < 4.78 is 1.54. The molecule has 0 spiro atoms. The van der Waals surface area contributed by atoms with Crippen LogP contribution in [0.4, 0.5) is 4.79 Å². The average Bonchev–Trinajstić information content (AvgIpc) is 1.64. The predicted octanol–water partition coefficient (Wildman–Crippen LogP) is 1.29. The fourth-order valence-electron chi connectivity index (χ4n) is 0.201. The lowest BCUT2D eigenvalue weighted by atomic mass is 10.7. The van der Waals surface area contributed by atoms with Crippen molar-refractivity contribution in [1.29, 1.82) is 0 Å². The molecule has 5 heteroatoms. The fourth-order valence-corrected chi connectivity index (χ4v) is 0.755. The second-order valence-corrected chi connectivity index (χ2v) is 3.50. The van der Waals surface area contributed by atoms with Gasteiger partial charge >= 0.3 is 0 Å². The van der Waals surface area contributed by atoms with Gasteiger partial charge in [0, 0.05) is 5.78 Å². The Morgan fingerprint density at radius 1 is 1.75 bits per heavy atom. The quantitative estimate of drug-likeness (QED) is 0.541. The van der Waals surface area contributed by atoms with E-state index in [1.807, 2.05) is 6.92 Å². The van der Waals surface area contributed by atoms with E-state index in [4.69, 9.17) is 0 Å². The Labute approximate surface area is 56.4 Å². The van der Waals surface area contributed by atoms with Gasteiger partial charge in [-0.3, -0.25) is 4.79 Å². The Bertz CT molecular complexity index is 94.5. The van der Waals surface area contributed by atoms with Gasteiger partial charge in [0.1, 0.15) is 0 Å². The fraction of sp³-hybridized carbons (Fsp3) is 0.667. The average molecular weight is 169 g/mol. The molecule has 0 aromatic carbocycles. The molecule has 0 fully saturated rings. The maximum Gasteiger partial charge on any atom is 0.240 e. The van der Waals surface area contributed by atoms with E-state index in [0.29, 0.717) is 0 Å². The van der Waals surface area contributed by atoms with Crippen LogP contribution in [0, 0.1) is 0 Å². The molecule has 0 rings (SSSR count). The third-order valence-electron chi connectivity index (χ3n) is 0.693. The highest BCUT2D eigenvalue weighted by Gasteiger charge is 2.04. The molecule has 0 saturated carbocycles. The molecule has 48 valence electrons. The first-order valence-electron chi connectivity index (χ1n) is 2.14. The minimum atomic E-state index is -0.0162. The largest absolute Gasteiger partial charge is 0.318 e. The van der Waals surface area contributed by atoms with E-state index >= 15 is 0 Å². The molecule has 0 saturated heterocycles. The van der Waals surface area contributed by atoms with Crippen LogP contribution >= 0.6 is 27.9 Å². The van der Waals surface area contributed by atoms with Gasteiger partial charge in [0.15, 0.2) is 0 Å². The SMILES string of the molecule is CC(P)N(P)C(=O)P. The number of amides is 1. The molecule has 0 bridgehead atoms. The van der Waals surface area contributed by atoms with Crippen molar-refractivity contribution >= 4 is 33.5 Å². The van der Waals surface area contributed by atoms with Gasteiger partial charge in [-0.15, -0.1) is 9.24 Å². The number of nitrogens with zero attached hydrogens (tertiary/aromatic N) is 1. The highest BCUT2D eigenvalue weighted by Crippen LogP contribution is 2.15. The number of carbonyl (C=O) groups excluding carboxylic acids is 1. The molecule has 0 heterocycles. The Morgan fingerprint density at radius 2 is 2.12 bits per heavy atom. The Kier molecular flexibility index (Phi) is 4.08. The monoisotopic (exact) mass is 169 g/mol. The summed E-state index contributed by atoms with van der Waals surface area (Å²) in [6.07, 6.45) is 0. The first-order valence-corrected chi connectivity index (χ1v) is 3.90. The summed E-state index contributed by atoms with van der Waals surface area (Å²) in [7, 11) is 6.94. The van der Waals surface area contributed by atoms with Crippen molar-refractivity contribution < 1.29 is 4.79 Å². The van der Waals surface area contributed by atoms with E-state index in [1.165, 1.54) is 4.67 Å². The zero-order valence-electron chi connectivity index (χ0n) is 4.66. The third-order valence-corrected chi connectivity index (χ3v) is 2.68. The lowest BCUT2D eigenvalue weighted by Gasteiger charge is -2.17. The maximum atomic E-state index is 10.4. The molecule has 0 aromatic rings. The molecule has 0 aliphatic rings. The van der Waals surface area contributed by atoms with Crippen LogP contribution in [0.3, 0.4) is 0 Å². The molecule has 0 radical (unpaired) electrons. The van der Waals surface area contributed by atoms with Gasteiger partial charge in [0.05, 0.1) is 0 Å². The minimum absolute atomic E-state index is 0.0162. The molecular weight excluding hydrogens is 159 g/mol. The molecule has 8 heavy (non-hydrogen) atoms. The van der Waals surface area contributed by atoms with Crippen LogP contribution in [0.25, 0.3) is 0 Å². The molecule has 0 aliphatic heterocycles. The summed E-state index contributed by atoms with van der Waals surface area (Å²) in [5.41, 5.74) is -0.0162. The number of carbonyl (C=O) groups is 1. The van der Waals surface area contributed by atoms with Gasteiger partial charge < -0.3 is 4.67 Å². The van der Waals surface area contributed by atoms with E-state index in [0.717, 1.165) is 0 Å². The van der Waals surface area contributed by atoms with Gasteiger partial charge in [-0.25, -0.2) is 0 Å². The van der Waals surface area contributed by atoms with Crippen molar-refractivity contribution in [2.24, 2.45) is 0 Å². The summed E-state index contributed by atoms with van der Waals surface area (Å²) in [6.45, 7) is 1.92. The summed E-state index contributed by atoms with van der Waals surface area (Å²) in [6, 6.07) is 0. The van der Waals surface area contributed by atoms with E-state index in [2.05, 4.69) is 27.9 Å². The van der Waals surface area contributed by atoms with Gasteiger partial charge in [0.2, 0.25) is 5.65 Å². The van der Waals surface area contributed by atoms with Gasteiger partial charge in [-0.2, -0.15) is 0 Å². The van der Waals surface area contributed by atoms with Crippen molar-refractivity contribution in [3.05, 3.63) is 0 Å². The molecule has 0 N–H and O–H groups in total. The molecule has 0 aliphatic carbocycles. The van der Waals surface area contributed by atoms with E-state index < -0.39 is 0 Å². The Morgan fingerprint density at radius 3 is 2.12 bits per heavy atom. The van der Waals surface area contributed by atoms with Gasteiger partial charge in [-0.05, 0) is 25.6 Å². The topological polar surface area (TPSA) is 20.3 Å². The third kappa shape index (κ3) is 2.92. The molecular formula is C3H10NOP3. The first kappa shape index (κ1) is 8.76. The zero-order valence-corrected chi connectivity index (χ0v) is 8.13. The smallest absolute Gasteiger partial charge is 0.240 e. The lowest BCUT2D eigenvalue weighted by Crippen LogP contribution is -2.18. The summed E-state index contributed by atoms with van der Waals surface area (Å²) in [4.78, 5) is 10.4. The Balaban J connectivity index is 3.64. The van der Waals surface area contributed by atoms with Gasteiger partial charge in [-0.1, -0.05) is 0 Å². The van der Waals surface area contributed by atoms with E-state index in [1.54, 1.807) is 0 Å². The van der Waals surface area contributed by atoms with Crippen LogP contribution in [-0.2, 0) is 0 Å². The lowest BCUT2D eigenvalue weighted by molar-refractivity contribution is 0.247. The van der Waals surface area contributed by atoms with Crippen LogP contribution in [0.2, 0.25) is 0 Å². The predicted molar refractivity (Wildman–Crippen MR) is 45.8 cm³/mol. The summed E-state index contributed by atoms with van der Waals surface area (Å²) >= 11 is 0. The van der Waals surface area contributed by atoms with Crippen LogP contribution in [0.15, 0.2) is 0 Å². The Hall–Kier alpha value is 0.760. The number of hydrogen-bond donors (Lipinski definition) is 0. The molecule has 2 nitrogen and oxygen atoms in total. The van der Waals surface area contributed by atoms with Crippen LogP contribution in [0.1, 0.15) is 6.92 Å². The molecule has 4 unspecified atom stereocenters. The second-order valence-electron chi connectivity index (χ2n) is 1.49. The van der Waals surface area contributed by atoms with Gasteiger partial charge in [0.25, 0.3) is 0 Å². The van der Waals surface area contributed by atoms with Crippen LogP contribution in [-0.4, -0.2) is 16.1 Å². The number of hydrogen-bond acceptors (Lipinski definition) is 1. The number of rotatable bonds is 1. The summed E-state index contributed by atoms with van der Waals surface area (Å²) in [5.74, 6) is 0.185. The second kappa shape index (κ2) is 3.72. The normalized spacial score (nSPS) is 13.0. The highest BCUT2D eigenvalue weighted by atomic mass is 31.0. The molecule has 1 amide bonds. The minimum Gasteiger partial charge on any atom is -0.318 e. The van der Waals surface area contributed by atoms with Crippen molar-refractivity contribution in [2.75, 3.05) is 0 Å². The zero-order chi connectivity index (χ0) is 6.73. The van der Waals surface area contributed by atoms with Crippen molar-refractivity contribution in [3.8, 4) is 0 Å². The van der Waals surface area contributed by atoms with Crippen LogP contribution in [0.5, 0.6) is 0 Å². The molecule has 0 aromatic heterocycles. The first-order chi connectivity index (χ1) is 3.55.